The Morgan fingerprint density at radius 2 is 2.00 bits per heavy atom. The molecule has 0 aliphatic rings. The summed E-state index contributed by atoms with van der Waals surface area (Å²) in [6.07, 6.45) is 1.09. The summed E-state index contributed by atoms with van der Waals surface area (Å²) in [6, 6.07) is 10.9. The molecule has 108 valence electrons. The van der Waals surface area contributed by atoms with Crippen molar-refractivity contribution in [3.05, 3.63) is 50.6 Å². The number of nitrogens with one attached hydrogen (secondary N) is 1. The van der Waals surface area contributed by atoms with Crippen LogP contribution in [0.1, 0.15) is 36.8 Å². The van der Waals surface area contributed by atoms with Gasteiger partial charge < -0.3 is 10.1 Å². The first-order chi connectivity index (χ1) is 9.72. The van der Waals surface area contributed by atoms with E-state index in [9.17, 15) is 0 Å². The van der Waals surface area contributed by atoms with Gasteiger partial charge in [0.2, 0.25) is 0 Å². The molecule has 0 fully saturated rings. The van der Waals surface area contributed by atoms with Gasteiger partial charge in [-0.25, -0.2) is 0 Å². The summed E-state index contributed by atoms with van der Waals surface area (Å²) < 4.78 is 6.92. The Morgan fingerprint density at radius 3 is 2.55 bits per heavy atom. The first-order valence-corrected chi connectivity index (χ1v) is 8.59. The summed E-state index contributed by atoms with van der Waals surface area (Å²) in [5, 5.41) is 5.56. The minimum absolute atomic E-state index is 0.433. The summed E-state index contributed by atoms with van der Waals surface area (Å²) in [5.74, 6) is 0.921. The molecule has 1 unspecified atom stereocenters. The van der Waals surface area contributed by atoms with Crippen molar-refractivity contribution in [1.82, 2.24) is 5.32 Å². The Kier molecular flexibility index (Phi) is 6.07. The van der Waals surface area contributed by atoms with Gasteiger partial charge in [0, 0.05) is 20.8 Å². The quantitative estimate of drug-likeness (QED) is 0.742. The molecule has 0 saturated carbocycles. The summed E-state index contributed by atoms with van der Waals surface area (Å²) in [6.45, 7) is 5.95. The van der Waals surface area contributed by atoms with Crippen LogP contribution in [-0.4, -0.2) is 6.54 Å². The SMILES string of the molecule is CCNC(CC)c1ccc(OCc2cc(Br)cs2)cc1. The third-order valence-corrected chi connectivity index (χ3v) is 4.82. The van der Waals surface area contributed by atoms with Crippen molar-refractivity contribution in [1.29, 1.82) is 0 Å². The predicted molar refractivity (Wildman–Crippen MR) is 89.5 cm³/mol. The van der Waals surface area contributed by atoms with E-state index in [0.29, 0.717) is 12.6 Å². The number of hydrogen-bond acceptors (Lipinski definition) is 3. The van der Waals surface area contributed by atoms with Crippen LogP contribution in [0.3, 0.4) is 0 Å². The van der Waals surface area contributed by atoms with Crippen molar-refractivity contribution in [3.63, 3.8) is 0 Å². The van der Waals surface area contributed by atoms with E-state index in [1.165, 1.54) is 10.4 Å². The molecule has 1 aromatic heterocycles. The largest absolute Gasteiger partial charge is 0.488 e. The van der Waals surface area contributed by atoms with Crippen molar-refractivity contribution in [2.75, 3.05) is 6.54 Å². The summed E-state index contributed by atoms with van der Waals surface area (Å²) >= 11 is 5.16. The zero-order valence-corrected chi connectivity index (χ0v) is 14.3. The van der Waals surface area contributed by atoms with E-state index in [1.54, 1.807) is 11.3 Å². The third kappa shape index (κ3) is 4.33. The van der Waals surface area contributed by atoms with Crippen LogP contribution < -0.4 is 10.1 Å². The number of benzene rings is 1. The molecule has 0 saturated heterocycles. The fourth-order valence-electron chi connectivity index (χ4n) is 2.12. The highest BCUT2D eigenvalue weighted by Gasteiger charge is 2.07. The maximum absolute atomic E-state index is 5.80. The Hall–Kier alpha value is -0.840. The van der Waals surface area contributed by atoms with E-state index in [4.69, 9.17) is 4.74 Å². The Bertz CT molecular complexity index is 524. The second kappa shape index (κ2) is 7.81. The number of thiophene rings is 1. The number of hydrogen-bond donors (Lipinski definition) is 1. The van der Waals surface area contributed by atoms with Crippen LogP contribution in [0.2, 0.25) is 0 Å². The van der Waals surface area contributed by atoms with Crippen LogP contribution in [0.25, 0.3) is 0 Å². The lowest BCUT2D eigenvalue weighted by Crippen LogP contribution is -2.19. The molecule has 0 aliphatic carbocycles. The Labute approximate surface area is 133 Å². The molecule has 0 amide bonds. The maximum atomic E-state index is 5.80. The van der Waals surface area contributed by atoms with Gasteiger partial charge in [-0.15, -0.1) is 11.3 Å². The van der Waals surface area contributed by atoms with Gasteiger partial charge in [0.25, 0.3) is 0 Å². The van der Waals surface area contributed by atoms with Gasteiger partial charge in [0.15, 0.2) is 0 Å². The Morgan fingerprint density at radius 1 is 1.25 bits per heavy atom. The highest BCUT2D eigenvalue weighted by Crippen LogP contribution is 2.23. The number of ether oxygens (including phenoxy) is 1. The van der Waals surface area contributed by atoms with Crippen molar-refractivity contribution in [2.24, 2.45) is 0 Å². The molecular weight excluding hydrogens is 334 g/mol. The minimum atomic E-state index is 0.433. The smallest absolute Gasteiger partial charge is 0.122 e. The number of halogens is 1. The zero-order valence-electron chi connectivity index (χ0n) is 11.9. The molecule has 2 aromatic rings. The highest BCUT2D eigenvalue weighted by atomic mass is 79.9. The summed E-state index contributed by atoms with van der Waals surface area (Å²) in [7, 11) is 0. The predicted octanol–water partition coefficient (Wildman–Crippen LogP) is 5.15. The lowest BCUT2D eigenvalue weighted by molar-refractivity contribution is 0.309. The van der Waals surface area contributed by atoms with Crippen molar-refractivity contribution < 1.29 is 4.74 Å². The van der Waals surface area contributed by atoms with Gasteiger partial charge in [-0.05, 0) is 52.7 Å². The molecule has 1 N–H and O–H groups in total. The molecule has 1 aromatic carbocycles. The molecule has 0 bridgehead atoms. The van der Waals surface area contributed by atoms with E-state index in [1.807, 2.05) is 0 Å². The first kappa shape index (κ1) is 15.5. The molecule has 2 nitrogen and oxygen atoms in total. The standard InChI is InChI=1S/C16H20BrNOS/c1-3-16(18-4-2)12-5-7-14(8-6-12)19-10-15-9-13(17)11-20-15/h5-9,11,16,18H,3-4,10H2,1-2H3. The maximum Gasteiger partial charge on any atom is 0.122 e. The van der Waals surface area contributed by atoms with Gasteiger partial charge in [-0.2, -0.15) is 0 Å². The van der Waals surface area contributed by atoms with Gasteiger partial charge in [0.1, 0.15) is 12.4 Å². The molecule has 1 atom stereocenters. The zero-order chi connectivity index (χ0) is 14.4. The summed E-state index contributed by atoms with van der Waals surface area (Å²) in [5.41, 5.74) is 1.32. The fraction of sp³-hybridized carbons (Fsp3) is 0.375. The lowest BCUT2D eigenvalue weighted by atomic mass is 10.0. The van der Waals surface area contributed by atoms with Crippen molar-refractivity contribution >= 4 is 27.3 Å². The second-order valence-electron chi connectivity index (χ2n) is 4.61. The molecule has 0 aliphatic heterocycles. The van der Waals surface area contributed by atoms with E-state index in [0.717, 1.165) is 23.2 Å². The van der Waals surface area contributed by atoms with Crippen LogP contribution in [0.15, 0.2) is 40.2 Å². The first-order valence-electron chi connectivity index (χ1n) is 6.92. The van der Waals surface area contributed by atoms with Crippen molar-refractivity contribution in [2.45, 2.75) is 32.9 Å². The average molecular weight is 354 g/mol. The van der Waals surface area contributed by atoms with Crippen LogP contribution in [0.5, 0.6) is 5.75 Å². The number of rotatable bonds is 7. The monoisotopic (exact) mass is 353 g/mol. The molecule has 0 spiro atoms. The van der Waals surface area contributed by atoms with Gasteiger partial charge in [-0.3, -0.25) is 0 Å². The van der Waals surface area contributed by atoms with Crippen LogP contribution in [-0.2, 0) is 6.61 Å². The van der Waals surface area contributed by atoms with Gasteiger partial charge >= 0.3 is 0 Å². The second-order valence-corrected chi connectivity index (χ2v) is 6.52. The van der Waals surface area contributed by atoms with Crippen LogP contribution in [0.4, 0.5) is 0 Å². The lowest BCUT2D eigenvalue weighted by Gasteiger charge is -2.16. The summed E-state index contributed by atoms with van der Waals surface area (Å²) in [4.78, 5) is 1.22. The molecule has 0 radical (unpaired) electrons. The highest BCUT2D eigenvalue weighted by molar-refractivity contribution is 9.10. The third-order valence-electron chi connectivity index (χ3n) is 3.14. The molecule has 4 heteroatoms. The van der Waals surface area contributed by atoms with E-state index >= 15 is 0 Å². The van der Waals surface area contributed by atoms with E-state index in [-0.39, 0.29) is 0 Å². The van der Waals surface area contributed by atoms with Crippen LogP contribution in [0, 0.1) is 0 Å². The fourth-order valence-corrected chi connectivity index (χ4v) is 3.49. The molecule has 20 heavy (non-hydrogen) atoms. The normalized spacial score (nSPS) is 12.3. The topological polar surface area (TPSA) is 21.3 Å². The van der Waals surface area contributed by atoms with Crippen LogP contribution >= 0.6 is 27.3 Å². The van der Waals surface area contributed by atoms with E-state index < -0.39 is 0 Å². The minimum Gasteiger partial charge on any atom is -0.488 e. The van der Waals surface area contributed by atoms with E-state index in [2.05, 4.69) is 70.8 Å². The molecule has 1 heterocycles. The Balaban J connectivity index is 1.94. The molecule has 2 rings (SSSR count). The van der Waals surface area contributed by atoms with Gasteiger partial charge in [-0.1, -0.05) is 26.0 Å². The average Bonchev–Trinajstić information content (AvgIpc) is 2.89. The molecular formula is C16H20BrNOS. The van der Waals surface area contributed by atoms with Crippen molar-refractivity contribution in [3.8, 4) is 5.75 Å². The van der Waals surface area contributed by atoms with Gasteiger partial charge in [0.05, 0.1) is 0 Å².